The fourth-order valence-corrected chi connectivity index (χ4v) is 5.11. The molecule has 1 fully saturated rings. The second-order valence-corrected chi connectivity index (χ2v) is 8.96. The minimum Gasteiger partial charge on any atom is -0.462 e. The van der Waals surface area contributed by atoms with Gasteiger partial charge in [-0.2, -0.15) is 0 Å². The van der Waals surface area contributed by atoms with Gasteiger partial charge in [0.2, 0.25) is 5.91 Å². The fraction of sp³-hybridized carbons (Fsp3) is 0.364. The van der Waals surface area contributed by atoms with Crippen LogP contribution < -0.4 is 5.32 Å². The topological polar surface area (TPSA) is 86.1 Å². The average molecular weight is 457 g/mol. The normalized spacial score (nSPS) is 13.2. The maximum atomic E-state index is 12.7. The number of nitrogens with one attached hydrogen (secondary N) is 1. The molecule has 4 rings (SSSR count). The third-order valence-corrected chi connectivity index (χ3v) is 6.81. The second-order valence-electron chi connectivity index (χ2n) is 7.14. The number of thiophene rings is 1. The molecule has 1 aliphatic carbocycles. The summed E-state index contributed by atoms with van der Waals surface area (Å²) in [6.07, 6.45) is 2.31. The number of benzene rings is 1. The minimum absolute atomic E-state index is 0.184. The van der Waals surface area contributed by atoms with Crippen LogP contribution >= 0.6 is 23.1 Å². The Morgan fingerprint density at radius 1 is 1.23 bits per heavy atom. The van der Waals surface area contributed by atoms with Gasteiger partial charge in [-0.3, -0.25) is 4.79 Å². The van der Waals surface area contributed by atoms with Gasteiger partial charge in [0, 0.05) is 23.4 Å². The molecule has 7 nitrogen and oxygen atoms in total. The van der Waals surface area contributed by atoms with Gasteiger partial charge in [0.1, 0.15) is 16.4 Å². The molecule has 0 aliphatic heterocycles. The predicted octanol–water partition coefficient (Wildman–Crippen LogP) is 4.81. The van der Waals surface area contributed by atoms with Crippen molar-refractivity contribution in [1.29, 1.82) is 0 Å². The minimum atomic E-state index is -0.439. The molecule has 162 valence electrons. The standard InChI is InChI=1S/C22H24N4O3S2/c1-3-26-19(15-10-11-15)24-25-22(26)31-13-17(27)23-20-18(21(28)29-4-2)16(12-30-20)14-8-6-5-7-9-14/h5-9,12,15H,3-4,10-11,13H2,1-2H3,(H,23,27). The number of anilines is 1. The zero-order valence-electron chi connectivity index (χ0n) is 17.5. The Bertz CT molecular complexity index is 1070. The summed E-state index contributed by atoms with van der Waals surface area (Å²) in [6.45, 7) is 4.87. The number of carbonyl (C=O) groups excluding carboxylic acids is 2. The summed E-state index contributed by atoms with van der Waals surface area (Å²) in [4.78, 5) is 25.3. The molecule has 0 saturated heterocycles. The quantitative estimate of drug-likeness (QED) is 0.367. The van der Waals surface area contributed by atoms with Crippen LogP contribution in [0.3, 0.4) is 0 Å². The number of rotatable bonds is 9. The van der Waals surface area contributed by atoms with E-state index in [9.17, 15) is 9.59 Å². The SMILES string of the molecule is CCOC(=O)c1c(-c2ccccc2)csc1NC(=O)CSc1nnc(C2CC2)n1CC. The molecule has 2 aromatic heterocycles. The van der Waals surface area contributed by atoms with Crippen molar-refractivity contribution < 1.29 is 14.3 Å². The average Bonchev–Trinajstić information content (AvgIpc) is 3.41. The molecular weight excluding hydrogens is 432 g/mol. The van der Waals surface area contributed by atoms with Gasteiger partial charge < -0.3 is 14.6 Å². The third-order valence-electron chi connectivity index (χ3n) is 4.94. The van der Waals surface area contributed by atoms with Crippen molar-refractivity contribution in [2.45, 2.75) is 44.3 Å². The molecule has 0 radical (unpaired) electrons. The molecular formula is C22H24N4O3S2. The van der Waals surface area contributed by atoms with Gasteiger partial charge >= 0.3 is 5.97 Å². The number of aromatic nitrogens is 3. The lowest BCUT2D eigenvalue weighted by atomic mass is 10.0. The Morgan fingerprint density at radius 2 is 2.00 bits per heavy atom. The van der Waals surface area contributed by atoms with Crippen LogP contribution in [0.2, 0.25) is 0 Å². The van der Waals surface area contributed by atoms with Crippen molar-refractivity contribution in [2.75, 3.05) is 17.7 Å². The molecule has 9 heteroatoms. The first-order valence-electron chi connectivity index (χ1n) is 10.3. The first-order chi connectivity index (χ1) is 15.1. The highest BCUT2D eigenvalue weighted by Gasteiger charge is 2.30. The Balaban J connectivity index is 1.49. The summed E-state index contributed by atoms with van der Waals surface area (Å²) in [5.74, 6) is 1.07. The molecule has 0 unspecified atom stereocenters. The maximum Gasteiger partial charge on any atom is 0.341 e. The van der Waals surface area contributed by atoms with Crippen LogP contribution in [0.25, 0.3) is 11.1 Å². The third kappa shape index (κ3) is 4.83. The molecule has 0 atom stereocenters. The van der Waals surface area contributed by atoms with E-state index in [2.05, 4.69) is 27.0 Å². The van der Waals surface area contributed by atoms with E-state index in [-0.39, 0.29) is 18.3 Å². The summed E-state index contributed by atoms with van der Waals surface area (Å²) in [5, 5.41) is 14.6. The van der Waals surface area contributed by atoms with Crippen molar-refractivity contribution in [1.82, 2.24) is 14.8 Å². The molecule has 0 bridgehead atoms. The van der Waals surface area contributed by atoms with Gasteiger partial charge in [0.15, 0.2) is 5.16 Å². The Labute approximate surface area is 189 Å². The zero-order chi connectivity index (χ0) is 21.8. The Hall–Kier alpha value is -2.65. The van der Waals surface area contributed by atoms with Crippen molar-refractivity contribution in [3.05, 3.63) is 47.1 Å². The van der Waals surface area contributed by atoms with E-state index in [1.54, 1.807) is 6.92 Å². The molecule has 1 aromatic carbocycles. The summed E-state index contributed by atoms with van der Waals surface area (Å²) in [5.41, 5.74) is 2.05. The molecule has 1 amide bonds. The van der Waals surface area contributed by atoms with E-state index in [1.807, 2.05) is 35.7 Å². The lowest BCUT2D eigenvalue weighted by Crippen LogP contribution is -2.17. The number of thioether (sulfide) groups is 1. The number of nitrogens with zero attached hydrogens (tertiary/aromatic N) is 3. The largest absolute Gasteiger partial charge is 0.462 e. The monoisotopic (exact) mass is 456 g/mol. The number of ether oxygens (including phenoxy) is 1. The number of esters is 1. The van der Waals surface area contributed by atoms with Crippen molar-refractivity contribution in [3.8, 4) is 11.1 Å². The van der Waals surface area contributed by atoms with Gasteiger partial charge in [-0.1, -0.05) is 42.1 Å². The van der Waals surface area contributed by atoms with Crippen LogP contribution in [0.1, 0.15) is 48.8 Å². The van der Waals surface area contributed by atoms with Gasteiger partial charge in [-0.05, 0) is 32.3 Å². The van der Waals surface area contributed by atoms with E-state index >= 15 is 0 Å². The van der Waals surface area contributed by atoms with Crippen molar-refractivity contribution in [3.63, 3.8) is 0 Å². The van der Waals surface area contributed by atoms with E-state index < -0.39 is 5.97 Å². The highest BCUT2D eigenvalue weighted by atomic mass is 32.2. The number of carbonyl (C=O) groups is 2. The molecule has 3 aromatic rings. The van der Waals surface area contributed by atoms with E-state index in [0.717, 1.165) is 41.5 Å². The summed E-state index contributed by atoms with van der Waals surface area (Å²) in [6, 6.07) is 9.61. The van der Waals surface area contributed by atoms with E-state index in [4.69, 9.17) is 4.74 Å². The van der Waals surface area contributed by atoms with Crippen LogP contribution in [0.4, 0.5) is 5.00 Å². The lowest BCUT2D eigenvalue weighted by Gasteiger charge is -2.09. The zero-order valence-corrected chi connectivity index (χ0v) is 19.1. The summed E-state index contributed by atoms with van der Waals surface area (Å²) < 4.78 is 7.33. The number of amides is 1. The van der Waals surface area contributed by atoms with Gasteiger partial charge in [0.25, 0.3) is 0 Å². The van der Waals surface area contributed by atoms with Crippen molar-refractivity contribution in [2.24, 2.45) is 0 Å². The molecule has 0 spiro atoms. The maximum absolute atomic E-state index is 12.7. The van der Waals surface area contributed by atoms with Crippen LogP contribution in [0.15, 0.2) is 40.9 Å². The van der Waals surface area contributed by atoms with Crippen LogP contribution in [-0.2, 0) is 16.1 Å². The Kier molecular flexibility index (Phi) is 6.72. The second kappa shape index (κ2) is 9.65. The lowest BCUT2D eigenvalue weighted by molar-refractivity contribution is -0.113. The first kappa shape index (κ1) is 21.6. The van der Waals surface area contributed by atoms with Gasteiger partial charge in [-0.15, -0.1) is 21.5 Å². The number of hydrogen-bond acceptors (Lipinski definition) is 7. The highest BCUT2D eigenvalue weighted by Crippen LogP contribution is 2.40. The summed E-state index contributed by atoms with van der Waals surface area (Å²) >= 11 is 2.68. The fourth-order valence-electron chi connectivity index (χ4n) is 3.33. The highest BCUT2D eigenvalue weighted by molar-refractivity contribution is 7.99. The molecule has 2 heterocycles. The summed E-state index contributed by atoms with van der Waals surface area (Å²) in [7, 11) is 0. The number of hydrogen-bond donors (Lipinski definition) is 1. The predicted molar refractivity (Wildman–Crippen MR) is 123 cm³/mol. The van der Waals surface area contributed by atoms with Gasteiger partial charge in [0.05, 0.1) is 12.4 Å². The molecule has 31 heavy (non-hydrogen) atoms. The molecule has 1 aliphatic rings. The Morgan fingerprint density at radius 3 is 2.68 bits per heavy atom. The van der Waals surface area contributed by atoms with E-state index in [1.165, 1.54) is 23.1 Å². The first-order valence-corrected chi connectivity index (χ1v) is 12.2. The van der Waals surface area contributed by atoms with Crippen LogP contribution in [0, 0.1) is 0 Å². The van der Waals surface area contributed by atoms with Crippen LogP contribution in [-0.4, -0.2) is 39.0 Å². The van der Waals surface area contributed by atoms with Crippen molar-refractivity contribution >= 4 is 40.0 Å². The van der Waals surface area contributed by atoms with Crippen LogP contribution in [0.5, 0.6) is 0 Å². The van der Waals surface area contributed by atoms with Gasteiger partial charge in [-0.25, -0.2) is 4.79 Å². The smallest absolute Gasteiger partial charge is 0.341 e. The van der Waals surface area contributed by atoms with E-state index in [0.29, 0.717) is 16.5 Å². The molecule has 1 N–H and O–H groups in total. The molecule has 1 saturated carbocycles.